The molecule has 0 atom stereocenters. The lowest BCUT2D eigenvalue weighted by Gasteiger charge is -2.25. The second kappa shape index (κ2) is 5.99. The van der Waals surface area contributed by atoms with E-state index in [9.17, 15) is 8.42 Å². The van der Waals surface area contributed by atoms with Gasteiger partial charge in [-0.2, -0.15) is 8.42 Å². The van der Waals surface area contributed by atoms with Gasteiger partial charge in [-0.25, -0.2) is 0 Å². The molecule has 2 aliphatic heterocycles. The monoisotopic (exact) mass is 380 g/mol. The summed E-state index contributed by atoms with van der Waals surface area (Å²) in [6, 6.07) is 14.6. The number of hydrogen-bond acceptors (Lipinski definition) is 5. The van der Waals surface area contributed by atoms with E-state index in [1.165, 1.54) is 0 Å². The third-order valence-corrected chi connectivity index (χ3v) is 6.08. The Labute approximate surface area is 156 Å². The number of anilines is 1. The summed E-state index contributed by atoms with van der Waals surface area (Å²) in [5, 5.41) is 0. The van der Waals surface area contributed by atoms with Crippen LogP contribution in [0.5, 0.6) is 11.5 Å². The minimum Gasteiger partial charge on any atom is -0.472 e. The number of sulfonamides is 1. The van der Waals surface area contributed by atoms with E-state index in [0.29, 0.717) is 29.4 Å². The van der Waals surface area contributed by atoms with Crippen molar-refractivity contribution in [2.24, 2.45) is 4.40 Å². The molecule has 0 amide bonds. The molecule has 0 radical (unpaired) electrons. The molecule has 6 nitrogen and oxygen atoms in total. The molecule has 1 fully saturated rings. The largest absolute Gasteiger partial charge is 0.472 e. The van der Waals surface area contributed by atoms with Crippen LogP contribution in [0, 0.1) is 0 Å². The van der Waals surface area contributed by atoms with Crippen LogP contribution in [-0.2, 0) is 10.0 Å². The fourth-order valence-electron chi connectivity index (χ4n) is 3.49. The van der Waals surface area contributed by atoms with E-state index in [-0.39, 0.29) is 4.90 Å². The first-order chi connectivity index (χ1) is 13.1. The molecule has 136 valence electrons. The van der Waals surface area contributed by atoms with E-state index >= 15 is 0 Å². The number of amidine groups is 1. The molecule has 0 N–H and O–H groups in total. The van der Waals surface area contributed by atoms with Crippen LogP contribution in [0.25, 0.3) is 11.1 Å². The third kappa shape index (κ3) is 2.80. The van der Waals surface area contributed by atoms with E-state index in [0.717, 1.165) is 24.1 Å². The van der Waals surface area contributed by atoms with Crippen LogP contribution in [0.1, 0.15) is 12.8 Å². The molecular formula is C20H16N2O4S. The van der Waals surface area contributed by atoms with Gasteiger partial charge in [-0.3, -0.25) is 0 Å². The molecular weight excluding hydrogens is 364 g/mol. The van der Waals surface area contributed by atoms with Crippen LogP contribution in [0.15, 0.2) is 74.8 Å². The Morgan fingerprint density at radius 2 is 1.93 bits per heavy atom. The van der Waals surface area contributed by atoms with Crippen molar-refractivity contribution in [1.29, 1.82) is 0 Å². The lowest BCUT2D eigenvalue weighted by Crippen LogP contribution is -2.30. The quantitative estimate of drug-likeness (QED) is 0.672. The Hall–Kier alpha value is -3.06. The van der Waals surface area contributed by atoms with Crippen molar-refractivity contribution in [2.45, 2.75) is 17.7 Å². The minimum atomic E-state index is -3.70. The second-order valence-electron chi connectivity index (χ2n) is 6.51. The Kier molecular flexibility index (Phi) is 3.58. The van der Waals surface area contributed by atoms with Crippen LogP contribution in [0.2, 0.25) is 0 Å². The van der Waals surface area contributed by atoms with E-state index in [2.05, 4.69) is 4.40 Å². The average molecular weight is 380 g/mol. The smallest absolute Gasteiger partial charge is 0.286 e. The van der Waals surface area contributed by atoms with Gasteiger partial charge in [-0.1, -0.05) is 12.1 Å². The van der Waals surface area contributed by atoms with Crippen molar-refractivity contribution in [3.05, 3.63) is 61.1 Å². The molecule has 3 heterocycles. The number of ether oxygens (including phenoxy) is 1. The summed E-state index contributed by atoms with van der Waals surface area (Å²) in [4.78, 5) is 2.16. The SMILES string of the molecule is O=S1(=O)N=C2CCCN2c2ccc(Oc3cccc(-c4ccoc4)c3)cc21. The predicted molar refractivity (Wildman–Crippen MR) is 102 cm³/mol. The zero-order chi connectivity index (χ0) is 18.4. The minimum absolute atomic E-state index is 0.191. The van der Waals surface area contributed by atoms with E-state index in [4.69, 9.17) is 9.15 Å². The lowest BCUT2D eigenvalue weighted by atomic mass is 10.1. The van der Waals surface area contributed by atoms with Gasteiger partial charge in [0, 0.05) is 24.6 Å². The molecule has 0 spiro atoms. The Bertz CT molecular complexity index is 1150. The van der Waals surface area contributed by atoms with Gasteiger partial charge in [-0.15, -0.1) is 4.40 Å². The molecule has 0 bridgehead atoms. The molecule has 1 aromatic heterocycles. The average Bonchev–Trinajstić information content (AvgIpc) is 3.33. The van der Waals surface area contributed by atoms with Crippen LogP contribution in [-0.4, -0.2) is 20.8 Å². The van der Waals surface area contributed by atoms with Gasteiger partial charge >= 0.3 is 0 Å². The molecule has 5 rings (SSSR count). The van der Waals surface area contributed by atoms with E-state index < -0.39 is 10.0 Å². The fraction of sp³-hybridized carbons (Fsp3) is 0.150. The molecule has 0 aliphatic carbocycles. The normalized spacial score (nSPS) is 17.2. The number of furan rings is 1. The summed E-state index contributed by atoms with van der Waals surface area (Å²) in [6.07, 6.45) is 4.88. The van der Waals surface area contributed by atoms with Gasteiger partial charge in [0.05, 0.1) is 18.2 Å². The highest BCUT2D eigenvalue weighted by molar-refractivity contribution is 7.90. The number of fused-ring (bicyclic) bond motifs is 3. The van der Waals surface area contributed by atoms with Gasteiger partial charge in [0.15, 0.2) is 0 Å². The van der Waals surface area contributed by atoms with Crippen LogP contribution >= 0.6 is 0 Å². The molecule has 0 saturated carbocycles. The molecule has 7 heteroatoms. The molecule has 0 unspecified atom stereocenters. The van der Waals surface area contributed by atoms with Crippen LogP contribution in [0.4, 0.5) is 5.69 Å². The summed E-state index contributed by atoms with van der Waals surface area (Å²) < 4.78 is 40.1. The van der Waals surface area contributed by atoms with Crippen molar-refractivity contribution >= 4 is 21.5 Å². The fourth-order valence-corrected chi connectivity index (χ4v) is 4.77. The number of hydrogen-bond donors (Lipinski definition) is 0. The summed E-state index contributed by atoms with van der Waals surface area (Å²) in [5.41, 5.74) is 2.58. The standard InChI is InChI=1S/C20H16N2O4S/c23-27(24)19-12-17(6-7-18(19)22-9-2-5-20(22)21-27)26-16-4-1-3-14(11-16)15-8-10-25-13-15/h1,3-4,6-8,10-13H,2,5,9H2. The zero-order valence-electron chi connectivity index (χ0n) is 14.3. The predicted octanol–water partition coefficient (Wildman–Crippen LogP) is 4.44. The van der Waals surface area contributed by atoms with Crippen molar-refractivity contribution < 1.29 is 17.6 Å². The first kappa shape index (κ1) is 16.1. The van der Waals surface area contributed by atoms with E-state index in [1.54, 1.807) is 30.7 Å². The highest BCUT2D eigenvalue weighted by Gasteiger charge is 2.33. The van der Waals surface area contributed by atoms with Crippen molar-refractivity contribution in [3.8, 4) is 22.6 Å². The third-order valence-electron chi connectivity index (χ3n) is 4.74. The topological polar surface area (TPSA) is 72.1 Å². The van der Waals surface area contributed by atoms with E-state index in [1.807, 2.05) is 35.2 Å². The second-order valence-corrected chi connectivity index (χ2v) is 8.08. The highest BCUT2D eigenvalue weighted by atomic mass is 32.2. The number of rotatable bonds is 3. The number of nitrogens with zero attached hydrogens (tertiary/aromatic N) is 2. The van der Waals surface area contributed by atoms with Crippen molar-refractivity contribution in [1.82, 2.24) is 0 Å². The van der Waals surface area contributed by atoms with Gasteiger partial charge in [0.2, 0.25) is 0 Å². The van der Waals surface area contributed by atoms with Crippen molar-refractivity contribution in [2.75, 3.05) is 11.4 Å². The van der Waals surface area contributed by atoms with Crippen molar-refractivity contribution in [3.63, 3.8) is 0 Å². The van der Waals surface area contributed by atoms with Crippen LogP contribution in [0.3, 0.4) is 0 Å². The summed E-state index contributed by atoms with van der Waals surface area (Å²) in [7, 11) is -3.70. The van der Waals surface area contributed by atoms with Gasteiger partial charge in [-0.05, 0) is 42.3 Å². The molecule has 2 aliphatic rings. The summed E-state index contributed by atoms with van der Waals surface area (Å²) in [6.45, 7) is 0.786. The summed E-state index contributed by atoms with van der Waals surface area (Å²) in [5.74, 6) is 1.70. The van der Waals surface area contributed by atoms with Crippen LogP contribution < -0.4 is 9.64 Å². The molecule has 27 heavy (non-hydrogen) atoms. The zero-order valence-corrected chi connectivity index (χ0v) is 15.1. The maximum atomic E-state index is 12.5. The Balaban J connectivity index is 1.50. The molecule has 1 saturated heterocycles. The van der Waals surface area contributed by atoms with Gasteiger partial charge < -0.3 is 14.1 Å². The molecule has 3 aromatic rings. The first-order valence-electron chi connectivity index (χ1n) is 8.66. The highest BCUT2D eigenvalue weighted by Crippen LogP contribution is 2.38. The maximum Gasteiger partial charge on any atom is 0.286 e. The maximum absolute atomic E-state index is 12.5. The summed E-state index contributed by atoms with van der Waals surface area (Å²) >= 11 is 0. The molecule has 2 aromatic carbocycles. The van der Waals surface area contributed by atoms with Gasteiger partial charge in [0.25, 0.3) is 10.0 Å². The van der Waals surface area contributed by atoms with Gasteiger partial charge in [0.1, 0.15) is 22.2 Å². The Morgan fingerprint density at radius 3 is 2.78 bits per heavy atom. The lowest BCUT2D eigenvalue weighted by molar-refractivity contribution is 0.481. The Morgan fingerprint density at radius 1 is 1.04 bits per heavy atom. The first-order valence-corrected chi connectivity index (χ1v) is 10.1. The number of benzene rings is 2.